The molecule has 1 aliphatic rings. The summed E-state index contributed by atoms with van der Waals surface area (Å²) in [5.74, 6) is 0.392. The summed E-state index contributed by atoms with van der Waals surface area (Å²) in [5.41, 5.74) is 1.01. The highest BCUT2D eigenvalue weighted by Crippen LogP contribution is 2.11. The van der Waals surface area contributed by atoms with E-state index in [0.29, 0.717) is 43.5 Å². The second-order valence-corrected chi connectivity index (χ2v) is 4.21. The van der Waals surface area contributed by atoms with Crippen LogP contribution < -0.4 is 4.74 Å². The van der Waals surface area contributed by atoms with Gasteiger partial charge in [0.15, 0.2) is 5.65 Å². The number of rotatable bonds is 2. The zero-order valence-electron chi connectivity index (χ0n) is 10.6. The van der Waals surface area contributed by atoms with Crippen molar-refractivity contribution in [2.24, 2.45) is 0 Å². The summed E-state index contributed by atoms with van der Waals surface area (Å²) in [6.45, 7) is 2.35. The molecule has 0 saturated carbocycles. The topological polar surface area (TPSA) is 69.0 Å². The molecule has 0 radical (unpaired) electrons. The number of amides is 1. The van der Waals surface area contributed by atoms with Gasteiger partial charge in [-0.05, 0) is 6.07 Å². The predicted molar refractivity (Wildman–Crippen MR) is 66.3 cm³/mol. The number of imidazole rings is 1. The lowest BCUT2D eigenvalue weighted by atomic mass is 10.3. The first kappa shape index (κ1) is 11.9. The number of hydrogen-bond acceptors (Lipinski definition) is 5. The maximum atomic E-state index is 12.3. The largest absolute Gasteiger partial charge is 0.480 e. The van der Waals surface area contributed by atoms with Crippen LogP contribution in [0.15, 0.2) is 18.3 Å². The van der Waals surface area contributed by atoms with Crippen LogP contribution in [-0.4, -0.2) is 58.8 Å². The van der Waals surface area contributed by atoms with Crippen LogP contribution in [0.4, 0.5) is 0 Å². The van der Waals surface area contributed by atoms with Crippen LogP contribution in [0.2, 0.25) is 0 Å². The first-order chi connectivity index (χ1) is 9.28. The number of nitrogens with zero attached hydrogens (tertiary/aromatic N) is 4. The van der Waals surface area contributed by atoms with Crippen molar-refractivity contribution in [2.75, 3.05) is 33.4 Å². The fraction of sp³-hybridized carbons (Fsp3) is 0.417. The van der Waals surface area contributed by atoms with Gasteiger partial charge in [0.25, 0.3) is 5.91 Å². The van der Waals surface area contributed by atoms with E-state index in [4.69, 9.17) is 9.47 Å². The first-order valence-corrected chi connectivity index (χ1v) is 6.05. The van der Waals surface area contributed by atoms with Gasteiger partial charge in [-0.3, -0.25) is 4.79 Å². The molecule has 0 aromatic carbocycles. The Morgan fingerprint density at radius 3 is 2.89 bits per heavy atom. The summed E-state index contributed by atoms with van der Waals surface area (Å²) in [6.07, 6.45) is 1.62. The molecule has 0 atom stereocenters. The van der Waals surface area contributed by atoms with Gasteiger partial charge < -0.3 is 14.4 Å². The number of aromatic nitrogens is 3. The molecule has 0 N–H and O–H groups in total. The van der Waals surface area contributed by atoms with Gasteiger partial charge in [0, 0.05) is 19.2 Å². The minimum atomic E-state index is -0.0900. The van der Waals surface area contributed by atoms with Gasteiger partial charge in [-0.25, -0.2) is 9.50 Å². The van der Waals surface area contributed by atoms with E-state index in [1.165, 1.54) is 0 Å². The summed E-state index contributed by atoms with van der Waals surface area (Å²) < 4.78 is 11.8. The Balaban J connectivity index is 1.89. The van der Waals surface area contributed by atoms with Gasteiger partial charge >= 0.3 is 0 Å². The number of carbonyl (C=O) groups excluding carboxylic acids is 1. The Hall–Kier alpha value is -2.15. The van der Waals surface area contributed by atoms with Crippen LogP contribution in [-0.2, 0) is 4.74 Å². The summed E-state index contributed by atoms with van der Waals surface area (Å²) >= 11 is 0. The summed E-state index contributed by atoms with van der Waals surface area (Å²) in [7, 11) is 1.55. The average molecular weight is 262 g/mol. The van der Waals surface area contributed by atoms with E-state index in [1.807, 2.05) is 0 Å². The van der Waals surface area contributed by atoms with Crippen molar-refractivity contribution in [3.05, 3.63) is 24.0 Å². The normalized spacial score (nSPS) is 15.7. The van der Waals surface area contributed by atoms with Crippen LogP contribution in [0.25, 0.3) is 5.65 Å². The Labute approximate surface area is 109 Å². The third-order valence-electron chi connectivity index (χ3n) is 3.02. The Bertz CT molecular complexity index is 604. The van der Waals surface area contributed by atoms with Crippen LogP contribution in [0.1, 0.15) is 10.5 Å². The molecule has 1 fully saturated rings. The molecule has 19 heavy (non-hydrogen) atoms. The molecule has 1 amide bonds. The molecule has 3 heterocycles. The van der Waals surface area contributed by atoms with Gasteiger partial charge in [0.05, 0.1) is 26.5 Å². The zero-order chi connectivity index (χ0) is 13.2. The third-order valence-corrected chi connectivity index (χ3v) is 3.02. The predicted octanol–water partition coefficient (Wildman–Crippen LogP) is 0.210. The van der Waals surface area contributed by atoms with E-state index in [-0.39, 0.29) is 5.91 Å². The van der Waals surface area contributed by atoms with Crippen molar-refractivity contribution in [1.82, 2.24) is 19.5 Å². The minimum Gasteiger partial charge on any atom is -0.480 e. The number of morpholine rings is 1. The molecule has 0 unspecified atom stereocenters. The number of ether oxygens (including phenoxy) is 2. The standard InChI is InChI=1S/C12H14N4O3/c1-18-11-3-2-10-13-9(8-16(10)14-11)12(17)15-4-6-19-7-5-15/h2-3,8H,4-7H2,1H3. The molecular weight excluding hydrogens is 248 g/mol. The second kappa shape index (κ2) is 4.85. The van der Waals surface area contributed by atoms with Crippen LogP contribution in [0, 0.1) is 0 Å². The van der Waals surface area contributed by atoms with Crippen molar-refractivity contribution in [2.45, 2.75) is 0 Å². The number of methoxy groups -OCH3 is 1. The lowest BCUT2D eigenvalue weighted by Gasteiger charge is -2.25. The number of carbonyl (C=O) groups is 1. The smallest absolute Gasteiger partial charge is 0.274 e. The van der Waals surface area contributed by atoms with E-state index in [2.05, 4.69) is 10.1 Å². The van der Waals surface area contributed by atoms with Crippen molar-refractivity contribution in [3.63, 3.8) is 0 Å². The van der Waals surface area contributed by atoms with Gasteiger partial charge in [-0.1, -0.05) is 0 Å². The van der Waals surface area contributed by atoms with Crippen molar-refractivity contribution < 1.29 is 14.3 Å². The van der Waals surface area contributed by atoms with Crippen molar-refractivity contribution in [1.29, 1.82) is 0 Å². The maximum absolute atomic E-state index is 12.3. The van der Waals surface area contributed by atoms with Crippen LogP contribution >= 0.6 is 0 Å². The van der Waals surface area contributed by atoms with E-state index >= 15 is 0 Å². The van der Waals surface area contributed by atoms with E-state index in [0.717, 1.165) is 0 Å². The summed E-state index contributed by atoms with van der Waals surface area (Å²) in [4.78, 5) is 18.3. The highest BCUT2D eigenvalue weighted by atomic mass is 16.5. The number of fused-ring (bicyclic) bond motifs is 1. The molecule has 2 aromatic heterocycles. The molecule has 7 heteroatoms. The molecule has 1 saturated heterocycles. The lowest BCUT2D eigenvalue weighted by molar-refractivity contribution is 0.0299. The van der Waals surface area contributed by atoms with E-state index < -0.39 is 0 Å². The molecule has 0 aliphatic carbocycles. The maximum Gasteiger partial charge on any atom is 0.274 e. The quantitative estimate of drug-likeness (QED) is 0.774. The molecule has 3 rings (SSSR count). The minimum absolute atomic E-state index is 0.0900. The molecule has 100 valence electrons. The highest BCUT2D eigenvalue weighted by Gasteiger charge is 2.21. The van der Waals surface area contributed by atoms with Crippen LogP contribution in [0.5, 0.6) is 5.88 Å². The summed E-state index contributed by atoms with van der Waals surface area (Å²) in [5, 5.41) is 4.18. The molecule has 7 nitrogen and oxygen atoms in total. The number of hydrogen-bond donors (Lipinski definition) is 0. The first-order valence-electron chi connectivity index (χ1n) is 6.05. The van der Waals surface area contributed by atoms with Gasteiger partial charge in [-0.15, -0.1) is 5.10 Å². The zero-order valence-corrected chi connectivity index (χ0v) is 10.6. The summed E-state index contributed by atoms with van der Waals surface area (Å²) in [6, 6.07) is 3.48. The Kier molecular flexibility index (Phi) is 3.04. The SMILES string of the molecule is COc1ccc2nc(C(=O)N3CCOCC3)cn2n1. The highest BCUT2D eigenvalue weighted by molar-refractivity contribution is 5.92. The van der Waals surface area contributed by atoms with E-state index in [9.17, 15) is 4.79 Å². The Morgan fingerprint density at radius 1 is 1.37 bits per heavy atom. The van der Waals surface area contributed by atoms with Gasteiger partial charge in [0.2, 0.25) is 5.88 Å². The lowest BCUT2D eigenvalue weighted by Crippen LogP contribution is -2.40. The average Bonchev–Trinajstić information content (AvgIpc) is 2.90. The van der Waals surface area contributed by atoms with Crippen molar-refractivity contribution in [3.8, 4) is 5.88 Å². The molecule has 0 spiro atoms. The van der Waals surface area contributed by atoms with Crippen molar-refractivity contribution >= 4 is 11.6 Å². The Morgan fingerprint density at radius 2 is 2.16 bits per heavy atom. The molecule has 0 bridgehead atoms. The molecule has 1 aliphatic heterocycles. The van der Waals surface area contributed by atoms with Gasteiger partial charge in [-0.2, -0.15) is 0 Å². The second-order valence-electron chi connectivity index (χ2n) is 4.21. The monoisotopic (exact) mass is 262 g/mol. The molecule has 2 aromatic rings. The van der Waals surface area contributed by atoms with Crippen LogP contribution in [0.3, 0.4) is 0 Å². The fourth-order valence-electron chi connectivity index (χ4n) is 2.00. The van der Waals surface area contributed by atoms with E-state index in [1.54, 1.807) is 34.9 Å². The third kappa shape index (κ3) is 2.24. The van der Waals surface area contributed by atoms with Gasteiger partial charge in [0.1, 0.15) is 5.69 Å². The molecular formula is C12H14N4O3. The fourth-order valence-corrected chi connectivity index (χ4v) is 2.00.